The molecule has 0 aliphatic rings. The molecule has 0 nitrogen and oxygen atoms in total. The van der Waals surface area contributed by atoms with Gasteiger partial charge in [0, 0.05) is 0 Å². The van der Waals surface area contributed by atoms with Gasteiger partial charge in [0.05, 0.1) is 0 Å². The molecule has 0 rings (SSSR count). The van der Waals surface area contributed by atoms with E-state index in [1.165, 1.54) is 44.9 Å². The molecular formula is C14H32. The first-order valence-electron chi connectivity index (χ1n) is 5.94. The van der Waals surface area contributed by atoms with Crippen LogP contribution in [-0.4, -0.2) is 0 Å². The van der Waals surface area contributed by atoms with E-state index in [0.717, 1.165) is 0 Å². The molecule has 0 aromatic heterocycles. The largest absolute Gasteiger partial charge is 0.0917 e. The molecule has 0 fully saturated rings. The highest BCUT2D eigenvalue weighted by atomic mass is 13.8. The maximum absolute atomic E-state index is 2.23. The molecular weight excluding hydrogens is 168 g/mol. The lowest BCUT2D eigenvalue weighted by Gasteiger charge is -1.86. The molecule has 0 saturated carbocycles. The first-order chi connectivity index (χ1) is 6.33. The van der Waals surface area contributed by atoms with Gasteiger partial charge < -0.3 is 0 Å². The van der Waals surface area contributed by atoms with Gasteiger partial charge in [-0.15, -0.1) is 0 Å². The lowest BCUT2D eigenvalue weighted by atomic mass is 10.2. The van der Waals surface area contributed by atoms with Crippen molar-refractivity contribution in [1.29, 1.82) is 0 Å². The summed E-state index contributed by atoms with van der Waals surface area (Å²) < 4.78 is 0. The molecule has 0 aromatic rings. The van der Waals surface area contributed by atoms with E-state index in [1.54, 1.807) is 0 Å². The molecule has 0 aliphatic heterocycles. The molecule has 0 unspecified atom stereocenters. The average Bonchev–Trinajstić information content (AvgIpc) is 2.17. The van der Waals surface area contributed by atoms with Crippen molar-refractivity contribution in [2.75, 3.05) is 0 Å². The Balaban J connectivity index is -0.000000163. The van der Waals surface area contributed by atoms with Gasteiger partial charge in [0.25, 0.3) is 0 Å². The lowest BCUT2D eigenvalue weighted by molar-refractivity contribution is 0.702. The zero-order chi connectivity index (χ0) is 10.4. The van der Waals surface area contributed by atoms with Gasteiger partial charge in [-0.3, -0.25) is 0 Å². The molecule has 0 aliphatic carbocycles. The third-order valence-corrected chi connectivity index (χ3v) is 1.92. The number of allylic oxidation sites excluding steroid dienone is 2. The van der Waals surface area contributed by atoms with Crippen molar-refractivity contribution in [3.05, 3.63) is 12.2 Å². The first kappa shape index (κ1) is 19.3. The summed E-state index contributed by atoms with van der Waals surface area (Å²) in [5, 5.41) is 0. The Hall–Kier alpha value is -0.260. The Morgan fingerprint density at radius 3 is 1.50 bits per heavy atom. The van der Waals surface area contributed by atoms with E-state index < -0.39 is 0 Å². The van der Waals surface area contributed by atoms with Crippen molar-refractivity contribution >= 4 is 0 Å². The molecule has 0 heteroatoms. The van der Waals surface area contributed by atoms with Crippen LogP contribution in [-0.2, 0) is 0 Å². The van der Waals surface area contributed by atoms with Crippen molar-refractivity contribution in [2.45, 2.75) is 80.1 Å². The van der Waals surface area contributed by atoms with E-state index in [4.69, 9.17) is 0 Å². The second-order valence-electron chi connectivity index (χ2n) is 3.42. The predicted molar refractivity (Wildman–Crippen MR) is 70.9 cm³/mol. The van der Waals surface area contributed by atoms with Crippen LogP contribution in [0.1, 0.15) is 80.1 Å². The van der Waals surface area contributed by atoms with E-state index in [2.05, 4.69) is 39.8 Å². The smallest absolute Gasteiger partial charge is 0.0351 e. The van der Waals surface area contributed by atoms with Crippen LogP contribution in [0.4, 0.5) is 0 Å². The number of hydrogen-bond donors (Lipinski definition) is 0. The Morgan fingerprint density at radius 1 is 0.786 bits per heavy atom. The SMILES string of the molecule is C.C/C=C\CCCC.CCCCCC. The van der Waals surface area contributed by atoms with E-state index >= 15 is 0 Å². The molecule has 88 valence electrons. The van der Waals surface area contributed by atoms with Crippen LogP contribution in [0.15, 0.2) is 12.2 Å². The van der Waals surface area contributed by atoms with Gasteiger partial charge >= 0.3 is 0 Å². The Bertz CT molecular complexity index is 78.0. The van der Waals surface area contributed by atoms with E-state index in [0.29, 0.717) is 0 Å². The lowest BCUT2D eigenvalue weighted by Crippen LogP contribution is -1.66. The summed E-state index contributed by atoms with van der Waals surface area (Å²) in [6.45, 7) is 8.74. The third kappa shape index (κ3) is 29.8. The highest BCUT2D eigenvalue weighted by Crippen LogP contribution is 1.95. The highest BCUT2D eigenvalue weighted by Gasteiger charge is 1.75. The summed E-state index contributed by atoms with van der Waals surface area (Å²) in [6.07, 6.45) is 13.8. The maximum atomic E-state index is 2.23. The normalized spacial score (nSPS) is 9.14. The molecule has 0 spiro atoms. The fourth-order valence-electron chi connectivity index (χ4n) is 0.989. The van der Waals surface area contributed by atoms with Crippen molar-refractivity contribution in [3.8, 4) is 0 Å². The summed E-state index contributed by atoms with van der Waals surface area (Å²) in [7, 11) is 0. The second kappa shape index (κ2) is 23.0. The first-order valence-corrected chi connectivity index (χ1v) is 5.94. The standard InChI is InChI=1S/C7H14.C6H14.CH4/c1-3-5-7-6-4-2;1-3-5-6-4-2;/h3,5H,4,6-7H2,1-2H3;3-6H2,1-2H3;1H4/b5-3-;;. The van der Waals surface area contributed by atoms with Gasteiger partial charge in [0.2, 0.25) is 0 Å². The van der Waals surface area contributed by atoms with Crippen molar-refractivity contribution in [3.63, 3.8) is 0 Å². The minimum Gasteiger partial charge on any atom is -0.0917 e. The Labute approximate surface area is 92.8 Å². The van der Waals surface area contributed by atoms with Crippen molar-refractivity contribution in [2.24, 2.45) is 0 Å². The summed E-state index contributed by atoms with van der Waals surface area (Å²) in [6, 6.07) is 0. The molecule has 14 heavy (non-hydrogen) atoms. The maximum Gasteiger partial charge on any atom is -0.0351 e. The van der Waals surface area contributed by atoms with Gasteiger partial charge in [-0.05, 0) is 13.3 Å². The predicted octanol–water partition coefficient (Wildman–Crippen LogP) is 5.98. The topological polar surface area (TPSA) is 0 Å². The minimum absolute atomic E-state index is 0. The quantitative estimate of drug-likeness (QED) is 0.366. The minimum atomic E-state index is 0. The number of hydrogen-bond acceptors (Lipinski definition) is 0. The van der Waals surface area contributed by atoms with Gasteiger partial charge in [-0.1, -0.05) is 78.9 Å². The highest BCUT2D eigenvalue weighted by molar-refractivity contribution is 4.75. The van der Waals surface area contributed by atoms with Crippen molar-refractivity contribution < 1.29 is 0 Å². The van der Waals surface area contributed by atoms with Gasteiger partial charge in [-0.2, -0.15) is 0 Å². The van der Waals surface area contributed by atoms with Crippen LogP contribution >= 0.6 is 0 Å². The summed E-state index contributed by atoms with van der Waals surface area (Å²) >= 11 is 0. The van der Waals surface area contributed by atoms with Crippen LogP contribution in [0.2, 0.25) is 0 Å². The zero-order valence-electron chi connectivity index (χ0n) is 10.1. The summed E-state index contributed by atoms with van der Waals surface area (Å²) in [5.41, 5.74) is 0. The van der Waals surface area contributed by atoms with Crippen LogP contribution < -0.4 is 0 Å². The molecule has 0 amide bonds. The van der Waals surface area contributed by atoms with Gasteiger partial charge in [0.1, 0.15) is 0 Å². The second-order valence-corrected chi connectivity index (χ2v) is 3.42. The molecule has 0 saturated heterocycles. The molecule has 0 heterocycles. The van der Waals surface area contributed by atoms with Gasteiger partial charge in [-0.25, -0.2) is 0 Å². The summed E-state index contributed by atoms with van der Waals surface area (Å²) in [5.74, 6) is 0. The monoisotopic (exact) mass is 200 g/mol. The Morgan fingerprint density at radius 2 is 1.21 bits per heavy atom. The van der Waals surface area contributed by atoms with E-state index in [9.17, 15) is 0 Å². The zero-order valence-corrected chi connectivity index (χ0v) is 10.1. The van der Waals surface area contributed by atoms with Crippen LogP contribution in [0.5, 0.6) is 0 Å². The number of rotatable bonds is 6. The van der Waals surface area contributed by atoms with Gasteiger partial charge in [0.15, 0.2) is 0 Å². The fraction of sp³-hybridized carbons (Fsp3) is 0.857. The molecule has 0 bridgehead atoms. The summed E-state index contributed by atoms with van der Waals surface area (Å²) in [4.78, 5) is 0. The third-order valence-electron chi connectivity index (χ3n) is 1.92. The average molecular weight is 200 g/mol. The van der Waals surface area contributed by atoms with E-state index in [1.807, 2.05) is 0 Å². The Kier molecular flexibility index (Phi) is 31.7. The molecule has 0 atom stereocenters. The molecule has 0 radical (unpaired) electrons. The van der Waals surface area contributed by atoms with Crippen LogP contribution in [0.25, 0.3) is 0 Å². The van der Waals surface area contributed by atoms with Crippen LogP contribution in [0, 0.1) is 0 Å². The van der Waals surface area contributed by atoms with E-state index in [-0.39, 0.29) is 7.43 Å². The fourth-order valence-corrected chi connectivity index (χ4v) is 0.989. The van der Waals surface area contributed by atoms with Crippen LogP contribution in [0.3, 0.4) is 0 Å². The molecule has 0 aromatic carbocycles. The van der Waals surface area contributed by atoms with Crippen molar-refractivity contribution in [1.82, 2.24) is 0 Å². The number of unbranched alkanes of at least 4 members (excludes halogenated alkanes) is 5. The molecule has 0 N–H and O–H groups in total.